The fourth-order valence-electron chi connectivity index (χ4n) is 2.14. The van der Waals surface area contributed by atoms with E-state index in [-0.39, 0.29) is 11.7 Å². The Morgan fingerprint density at radius 1 is 1.05 bits per heavy atom. The number of benzene rings is 2. The number of methoxy groups -OCH3 is 2. The van der Waals surface area contributed by atoms with E-state index in [1.165, 1.54) is 24.3 Å². The second-order valence-corrected chi connectivity index (χ2v) is 4.86. The van der Waals surface area contributed by atoms with Crippen LogP contribution >= 0.6 is 0 Å². The fourth-order valence-corrected chi connectivity index (χ4v) is 2.14. The Kier molecular flexibility index (Phi) is 4.99. The van der Waals surface area contributed by atoms with Crippen molar-refractivity contribution in [2.45, 2.75) is 6.54 Å². The highest BCUT2D eigenvalue weighted by Gasteiger charge is 2.13. The number of nitrogens with zero attached hydrogens (tertiary/aromatic N) is 1. The average molecular weight is 303 g/mol. The Morgan fingerprint density at radius 2 is 1.68 bits per heavy atom. The van der Waals surface area contributed by atoms with E-state index < -0.39 is 0 Å². The third-order valence-corrected chi connectivity index (χ3v) is 3.31. The summed E-state index contributed by atoms with van der Waals surface area (Å²) in [6.45, 7) is 0.413. The molecule has 22 heavy (non-hydrogen) atoms. The van der Waals surface area contributed by atoms with Crippen LogP contribution < -0.4 is 9.47 Å². The van der Waals surface area contributed by atoms with Crippen molar-refractivity contribution in [2.75, 3.05) is 21.3 Å². The molecule has 2 aromatic rings. The third-order valence-electron chi connectivity index (χ3n) is 3.31. The van der Waals surface area contributed by atoms with Gasteiger partial charge in [0.05, 0.1) is 14.2 Å². The molecule has 0 unspecified atom stereocenters. The van der Waals surface area contributed by atoms with Crippen molar-refractivity contribution in [1.29, 1.82) is 0 Å². The van der Waals surface area contributed by atoms with Crippen molar-refractivity contribution in [2.24, 2.45) is 0 Å². The maximum atomic E-state index is 12.9. The predicted octanol–water partition coefficient (Wildman–Crippen LogP) is 3.12. The minimum Gasteiger partial charge on any atom is -0.493 e. The molecule has 0 spiro atoms. The number of carbonyl (C=O) groups excluding carboxylic acids is 1. The minimum absolute atomic E-state index is 0.171. The quantitative estimate of drug-likeness (QED) is 0.852. The van der Waals surface area contributed by atoms with E-state index >= 15 is 0 Å². The van der Waals surface area contributed by atoms with Crippen LogP contribution in [0.15, 0.2) is 42.5 Å². The topological polar surface area (TPSA) is 38.8 Å². The van der Waals surface area contributed by atoms with Crippen molar-refractivity contribution >= 4 is 5.91 Å². The van der Waals surface area contributed by atoms with Crippen LogP contribution in [0.5, 0.6) is 11.5 Å². The normalized spacial score (nSPS) is 10.2. The lowest BCUT2D eigenvalue weighted by molar-refractivity contribution is 0.0785. The highest BCUT2D eigenvalue weighted by Crippen LogP contribution is 2.28. The summed E-state index contributed by atoms with van der Waals surface area (Å²) in [5.41, 5.74) is 1.36. The van der Waals surface area contributed by atoms with Crippen LogP contribution in [-0.4, -0.2) is 32.1 Å². The molecule has 0 aliphatic rings. The van der Waals surface area contributed by atoms with E-state index in [1.807, 2.05) is 12.1 Å². The lowest BCUT2D eigenvalue weighted by atomic mass is 10.1. The van der Waals surface area contributed by atoms with Crippen LogP contribution in [0.1, 0.15) is 15.9 Å². The van der Waals surface area contributed by atoms with Crippen molar-refractivity contribution in [3.05, 3.63) is 59.4 Å². The van der Waals surface area contributed by atoms with Crippen LogP contribution in [0, 0.1) is 5.82 Å². The molecule has 1 amide bonds. The van der Waals surface area contributed by atoms with E-state index in [0.29, 0.717) is 23.6 Å². The van der Waals surface area contributed by atoms with Gasteiger partial charge in [-0.25, -0.2) is 4.39 Å². The summed E-state index contributed by atoms with van der Waals surface area (Å²) in [6, 6.07) is 11.0. The van der Waals surface area contributed by atoms with Crippen molar-refractivity contribution in [3.8, 4) is 11.5 Å². The zero-order valence-corrected chi connectivity index (χ0v) is 12.8. The maximum Gasteiger partial charge on any atom is 0.253 e. The number of hydrogen-bond acceptors (Lipinski definition) is 3. The van der Waals surface area contributed by atoms with Gasteiger partial charge in [-0.1, -0.05) is 6.07 Å². The Morgan fingerprint density at radius 3 is 2.27 bits per heavy atom. The molecule has 0 atom stereocenters. The molecule has 2 rings (SSSR count). The number of ether oxygens (including phenoxy) is 2. The maximum absolute atomic E-state index is 12.9. The molecule has 0 N–H and O–H groups in total. The Labute approximate surface area is 129 Å². The lowest BCUT2D eigenvalue weighted by Gasteiger charge is -2.18. The first-order chi connectivity index (χ1) is 10.5. The summed E-state index contributed by atoms with van der Waals surface area (Å²) in [4.78, 5) is 13.8. The molecule has 5 heteroatoms. The van der Waals surface area contributed by atoms with Crippen LogP contribution in [0.2, 0.25) is 0 Å². The number of carbonyl (C=O) groups is 1. The minimum atomic E-state index is -0.362. The highest BCUT2D eigenvalue weighted by molar-refractivity contribution is 5.93. The third kappa shape index (κ3) is 3.55. The molecule has 0 radical (unpaired) electrons. The lowest BCUT2D eigenvalue weighted by Crippen LogP contribution is -2.26. The number of amides is 1. The first-order valence-electron chi connectivity index (χ1n) is 6.77. The summed E-state index contributed by atoms with van der Waals surface area (Å²) >= 11 is 0. The van der Waals surface area contributed by atoms with E-state index in [1.54, 1.807) is 32.2 Å². The molecule has 0 bridgehead atoms. The average Bonchev–Trinajstić information content (AvgIpc) is 2.54. The smallest absolute Gasteiger partial charge is 0.253 e. The van der Waals surface area contributed by atoms with Crippen LogP contribution in [-0.2, 0) is 6.54 Å². The van der Waals surface area contributed by atoms with Gasteiger partial charge in [0.15, 0.2) is 11.5 Å². The molecule has 0 aliphatic heterocycles. The molecular weight excluding hydrogens is 285 g/mol. The molecule has 0 fully saturated rings. The van der Waals surface area contributed by atoms with Gasteiger partial charge < -0.3 is 14.4 Å². The SMILES string of the molecule is COc1ccc(CN(C)C(=O)c2ccc(F)cc2)cc1OC. The number of rotatable bonds is 5. The summed E-state index contributed by atoms with van der Waals surface area (Å²) in [6.07, 6.45) is 0. The van der Waals surface area contributed by atoms with Crippen LogP contribution in [0.25, 0.3) is 0 Å². The van der Waals surface area contributed by atoms with Gasteiger partial charge in [0.2, 0.25) is 0 Å². The molecule has 2 aromatic carbocycles. The van der Waals surface area contributed by atoms with Gasteiger partial charge in [-0.15, -0.1) is 0 Å². The fraction of sp³-hybridized carbons (Fsp3) is 0.235. The predicted molar refractivity (Wildman–Crippen MR) is 81.7 cm³/mol. The second-order valence-electron chi connectivity index (χ2n) is 4.86. The Hall–Kier alpha value is -2.56. The first kappa shape index (κ1) is 15.8. The molecule has 4 nitrogen and oxygen atoms in total. The van der Waals surface area contributed by atoms with E-state index in [9.17, 15) is 9.18 Å². The molecule has 0 aromatic heterocycles. The van der Waals surface area contributed by atoms with Crippen LogP contribution in [0.3, 0.4) is 0 Å². The second kappa shape index (κ2) is 6.93. The number of halogens is 1. The van der Waals surface area contributed by atoms with Crippen molar-refractivity contribution < 1.29 is 18.7 Å². The summed E-state index contributed by atoms with van der Waals surface area (Å²) in [7, 11) is 4.83. The molecule has 0 aliphatic carbocycles. The number of hydrogen-bond donors (Lipinski definition) is 0. The first-order valence-corrected chi connectivity index (χ1v) is 6.77. The Balaban J connectivity index is 2.12. The van der Waals surface area contributed by atoms with Gasteiger partial charge in [-0.2, -0.15) is 0 Å². The van der Waals surface area contributed by atoms with Crippen molar-refractivity contribution in [1.82, 2.24) is 4.90 Å². The van der Waals surface area contributed by atoms with Gasteiger partial charge in [0.25, 0.3) is 5.91 Å². The van der Waals surface area contributed by atoms with E-state index in [4.69, 9.17) is 9.47 Å². The monoisotopic (exact) mass is 303 g/mol. The van der Waals surface area contributed by atoms with E-state index in [2.05, 4.69) is 0 Å². The van der Waals surface area contributed by atoms with Gasteiger partial charge in [-0.3, -0.25) is 4.79 Å². The van der Waals surface area contributed by atoms with Gasteiger partial charge >= 0.3 is 0 Å². The van der Waals surface area contributed by atoms with Gasteiger partial charge in [-0.05, 0) is 42.0 Å². The van der Waals surface area contributed by atoms with Gasteiger partial charge in [0, 0.05) is 19.2 Å². The van der Waals surface area contributed by atoms with Gasteiger partial charge in [0.1, 0.15) is 5.82 Å². The Bertz CT molecular complexity index is 655. The molecular formula is C17H18FNO3. The molecule has 116 valence electrons. The summed E-state index contributed by atoms with van der Waals surface area (Å²) in [5.74, 6) is 0.718. The molecule has 0 saturated carbocycles. The zero-order chi connectivity index (χ0) is 16.1. The summed E-state index contributed by atoms with van der Waals surface area (Å²) in [5, 5.41) is 0. The molecule has 0 saturated heterocycles. The summed E-state index contributed by atoms with van der Waals surface area (Å²) < 4.78 is 23.3. The zero-order valence-electron chi connectivity index (χ0n) is 12.8. The molecule has 0 heterocycles. The van der Waals surface area contributed by atoms with E-state index in [0.717, 1.165) is 5.56 Å². The highest BCUT2D eigenvalue weighted by atomic mass is 19.1. The van der Waals surface area contributed by atoms with Crippen molar-refractivity contribution in [3.63, 3.8) is 0 Å². The standard InChI is InChI=1S/C17H18FNO3/c1-19(17(20)13-5-7-14(18)8-6-13)11-12-4-9-15(21-2)16(10-12)22-3/h4-10H,11H2,1-3H3. The van der Waals surface area contributed by atoms with Crippen LogP contribution in [0.4, 0.5) is 4.39 Å². The largest absolute Gasteiger partial charge is 0.493 e.